The van der Waals surface area contributed by atoms with Gasteiger partial charge in [0.2, 0.25) is 11.8 Å². The van der Waals surface area contributed by atoms with Crippen molar-refractivity contribution in [3.05, 3.63) is 41.9 Å². The van der Waals surface area contributed by atoms with Gasteiger partial charge in [-0.25, -0.2) is 13.8 Å². The van der Waals surface area contributed by atoms with Crippen LogP contribution in [0.1, 0.15) is 12.3 Å². The molecule has 0 radical (unpaired) electrons. The summed E-state index contributed by atoms with van der Waals surface area (Å²) in [7, 11) is 1.58. The summed E-state index contributed by atoms with van der Waals surface area (Å²) in [5.74, 6) is -0.982. The largest absolute Gasteiger partial charge is 0.441 e. The monoisotopic (exact) mass is 436 g/mol. The van der Waals surface area contributed by atoms with Crippen molar-refractivity contribution in [1.82, 2.24) is 20.1 Å². The number of nitrogens with one attached hydrogen (secondary N) is 1. The van der Waals surface area contributed by atoms with Gasteiger partial charge in [0.25, 0.3) is 0 Å². The van der Waals surface area contributed by atoms with E-state index in [0.717, 1.165) is 12.1 Å². The number of piperazine rings is 1. The molecule has 0 aliphatic carbocycles. The Kier molecular flexibility index (Phi) is 8.07. The van der Waals surface area contributed by atoms with Crippen LogP contribution >= 0.6 is 0 Å². The first-order valence-corrected chi connectivity index (χ1v) is 10.1. The molecule has 1 saturated heterocycles. The molecule has 10 heteroatoms. The second-order valence-corrected chi connectivity index (χ2v) is 7.24. The van der Waals surface area contributed by atoms with Gasteiger partial charge in [-0.05, 0) is 12.1 Å². The third kappa shape index (κ3) is 6.56. The Morgan fingerprint density at radius 1 is 1.23 bits per heavy atom. The molecular weight excluding hydrogens is 410 g/mol. The quantitative estimate of drug-likeness (QED) is 0.599. The number of carbonyl (C=O) groups excluding carboxylic acids is 2. The van der Waals surface area contributed by atoms with Crippen molar-refractivity contribution < 1.29 is 27.5 Å². The van der Waals surface area contributed by atoms with Crippen LogP contribution < -0.4 is 5.32 Å². The van der Waals surface area contributed by atoms with Crippen LogP contribution in [0, 0.1) is 11.6 Å². The van der Waals surface area contributed by atoms with Gasteiger partial charge in [0, 0.05) is 58.7 Å². The molecule has 0 bridgehead atoms. The Hall–Kier alpha value is -2.85. The van der Waals surface area contributed by atoms with Crippen LogP contribution in [0.5, 0.6) is 0 Å². The first-order valence-electron chi connectivity index (χ1n) is 10.1. The maximum Gasteiger partial charge on any atom is 0.234 e. The van der Waals surface area contributed by atoms with Crippen LogP contribution in [0.3, 0.4) is 0 Å². The number of rotatable bonds is 9. The molecule has 0 saturated carbocycles. The summed E-state index contributed by atoms with van der Waals surface area (Å²) in [4.78, 5) is 32.2. The van der Waals surface area contributed by atoms with E-state index in [9.17, 15) is 18.4 Å². The molecule has 1 aromatic heterocycles. The molecule has 1 aliphatic heterocycles. The van der Waals surface area contributed by atoms with Gasteiger partial charge in [0.1, 0.15) is 11.6 Å². The number of carbonyl (C=O) groups is 2. The number of hydrogen-bond acceptors (Lipinski definition) is 6. The van der Waals surface area contributed by atoms with Crippen LogP contribution in [0.4, 0.5) is 8.78 Å². The Balaban J connectivity index is 1.42. The first-order chi connectivity index (χ1) is 15.0. The lowest BCUT2D eigenvalue weighted by Gasteiger charge is -2.34. The van der Waals surface area contributed by atoms with Crippen molar-refractivity contribution >= 4 is 11.8 Å². The van der Waals surface area contributed by atoms with E-state index in [4.69, 9.17) is 9.15 Å². The molecule has 0 atom stereocenters. The third-order valence-corrected chi connectivity index (χ3v) is 5.02. The zero-order chi connectivity index (χ0) is 22.2. The summed E-state index contributed by atoms with van der Waals surface area (Å²) in [6.45, 7) is 3.57. The Labute approximate surface area is 179 Å². The summed E-state index contributed by atoms with van der Waals surface area (Å²) >= 11 is 0. The van der Waals surface area contributed by atoms with Crippen molar-refractivity contribution in [2.24, 2.45) is 0 Å². The number of amides is 2. The van der Waals surface area contributed by atoms with Crippen molar-refractivity contribution in [3.8, 4) is 11.3 Å². The minimum atomic E-state index is -0.732. The molecule has 1 aliphatic rings. The van der Waals surface area contributed by atoms with E-state index >= 15 is 0 Å². The molecule has 1 N–H and O–H groups in total. The number of nitrogens with zero attached hydrogens (tertiary/aromatic N) is 3. The van der Waals surface area contributed by atoms with E-state index in [1.54, 1.807) is 12.0 Å². The summed E-state index contributed by atoms with van der Waals surface area (Å²) in [6, 6.07) is 3.22. The van der Waals surface area contributed by atoms with Crippen LogP contribution in [0.25, 0.3) is 11.3 Å². The highest BCUT2D eigenvalue weighted by Gasteiger charge is 2.22. The van der Waals surface area contributed by atoms with Gasteiger partial charge in [0.05, 0.1) is 24.9 Å². The van der Waals surface area contributed by atoms with Crippen LogP contribution in [-0.2, 0) is 20.7 Å². The molecule has 8 nitrogen and oxygen atoms in total. The first kappa shape index (κ1) is 22.8. The van der Waals surface area contributed by atoms with E-state index in [1.807, 2.05) is 4.90 Å². The molecule has 1 fully saturated rings. The maximum absolute atomic E-state index is 13.9. The number of benzene rings is 1. The average molecular weight is 436 g/mol. The second-order valence-electron chi connectivity index (χ2n) is 7.24. The van der Waals surface area contributed by atoms with Crippen molar-refractivity contribution in [3.63, 3.8) is 0 Å². The Morgan fingerprint density at radius 3 is 2.71 bits per heavy atom. The summed E-state index contributed by atoms with van der Waals surface area (Å²) < 4.78 is 37.3. The van der Waals surface area contributed by atoms with Gasteiger partial charge < -0.3 is 19.4 Å². The minimum absolute atomic E-state index is 0.0306. The van der Waals surface area contributed by atoms with Gasteiger partial charge in [0.15, 0.2) is 11.7 Å². The molecule has 31 heavy (non-hydrogen) atoms. The van der Waals surface area contributed by atoms with E-state index < -0.39 is 11.6 Å². The zero-order valence-corrected chi connectivity index (χ0v) is 17.4. The molecule has 0 spiro atoms. The number of hydrogen-bond donors (Lipinski definition) is 1. The van der Waals surface area contributed by atoms with Crippen molar-refractivity contribution in [2.75, 3.05) is 53.0 Å². The predicted molar refractivity (Wildman–Crippen MR) is 108 cm³/mol. The summed E-state index contributed by atoms with van der Waals surface area (Å²) in [6.07, 6.45) is 1.86. The van der Waals surface area contributed by atoms with Crippen LogP contribution in [0.15, 0.2) is 28.8 Å². The molecule has 2 aromatic rings. The number of ether oxygens (including phenoxy) is 1. The van der Waals surface area contributed by atoms with Crippen LogP contribution in [-0.4, -0.2) is 79.6 Å². The van der Waals surface area contributed by atoms with E-state index in [-0.39, 0.29) is 36.0 Å². The van der Waals surface area contributed by atoms with Gasteiger partial charge in [-0.15, -0.1) is 0 Å². The fourth-order valence-electron chi connectivity index (χ4n) is 3.32. The number of oxazole rings is 1. The van der Waals surface area contributed by atoms with Crippen molar-refractivity contribution in [1.29, 1.82) is 0 Å². The number of aryl methyl sites for hydroxylation is 1. The molecule has 1 aromatic carbocycles. The molecule has 168 valence electrons. The summed E-state index contributed by atoms with van der Waals surface area (Å²) in [5, 5.41) is 2.78. The highest BCUT2D eigenvalue weighted by Crippen LogP contribution is 2.24. The van der Waals surface area contributed by atoms with Crippen molar-refractivity contribution in [2.45, 2.75) is 12.8 Å². The normalized spacial score (nSPS) is 14.6. The fraction of sp³-hybridized carbons (Fsp3) is 0.476. The number of methoxy groups -OCH3 is 1. The SMILES string of the molecule is COCCNC(=O)CN1CCN(C(=O)CCc2ncc(-c3ccc(F)cc3F)o2)CC1. The molecular formula is C21H26F2N4O4. The lowest BCUT2D eigenvalue weighted by atomic mass is 10.2. The third-order valence-electron chi connectivity index (χ3n) is 5.02. The van der Waals surface area contributed by atoms with Gasteiger partial charge in [-0.1, -0.05) is 0 Å². The van der Waals surface area contributed by atoms with E-state index in [0.29, 0.717) is 51.8 Å². The smallest absolute Gasteiger partial charge is 0.234 e. The lowest BCUT2D eigenvalue weighted by molar-refractivity contribution is -0.133. The summed E-state index contributed by atoms with van der Waals surface area (Å²) in [5.41, 5.74) is 0.119. The predicted octanol–water partition coefficient (Wildman–Crippen LogP) is 1.46. The molecule has 0 unspecified atom stereocenters. The topological polar surface area (TPSA) is 87.9 Å². The lowest BCUT2D eigenvalue weighted by Crippen LogP contribution is -2.51. The van der Waals surface area contributed by atoms with Gasteiger partial charge in [-0.2, -0.15) is 0 Å². The van der Waals surface area contributed by atoms with Gasteiger partial charge in [-0.3, -0.25) is 14.5 Å². The average Bonchev–Trinajstić information content (AvgIpc) is 3.21. The molecule has 2 amide bonds. The Morgan fingerprint density at radius 2 is 2.00 bits per heavy atom. The standard InChI is InChI=1S/C21H26F2N4O4/c1-30-11-6-24-19(28)14-26-7-9-27(10-8-26)21(29)5-4-20-25-13-18(31-20)16-3-2-15(22)12-17(16)23/h2-3,12-13H,4-11,14H2,1H3,(H,24,28). The molecule has 2 heterocycles. The Bertz CT molecular complexity index is 897. The zero-order valence-electron chi connectivity index (χ0n) is 17.4. The van der Waals surface area contributed by atoms with E-state index in [2.05, 4.69) is 10.3 Å². The second kappa shape index (κ2) is 11.0. The van der Waals surface area contributed by atoms with Crippen LogP contribution in [0.2, 0.25) is 0 Å². The highest BCUT2D eigenvalue weighted by molar-refractivity contribution is 5.78. The fourth-order valence-corrected chi connectivity index (χ4v) is 3.32. The number of halogens is 2. The molecule has 3 rings (SSSR count). The van der Waals surface area contributed by atoms with E-state index in [1.165, 1.54) is 12.3 Å². The highest BCUT2D eigenvalue weighted by atomic mass is 19.1. The maximum atomic E-state index is 13.9. The minimum Gasteiger partial charge on any atom is -0.441 e. The number of aromatic nitrogens is 1. The van der Waals surface area contributed by atoms with Gasteiger partial charge >= 0.3 is 0 Å².